The van der Waals surface area contributed by atoms with Gasteiger partial charge >= 0.3 is 18.9 Å². The molecule has 0 rings (SSSR count). The third-order valence-electron chi connectivity index (χ3n) is 0.424. The minimum atomic E-state index is 0. The van der Waals surface area contributed by atoms with Crippen molar-refractivity contribution in [3.63, 3.8) is 0 Å². The molecule has 2 nitrogen and oxygen atoms in total. The van der Waals surface area contributed by atoms with Gasteiger partial charge in [-0.2, -0.15) is 7.05 Å². The second-order valence-corrected chi connectivity index (χ2v) is 1.54. The van der Waals surface area contributed by atoms with Gasteiger partial charge < -0.3 is 10.2 Å². The second-order valence-electron chi connectivity index (χ2n) is 1.54. The molecule has 0 unspecified atom stereocenters. The predicted molar refractivity (Wildman–Crippen MR) is 27.8 cm³/mol. The molecule has 0 aromatic rings. The zero-order valence-electron chi connectivity index (χ0n) is 5.60. The van der Waals surface area contributed by atoms with Crippen LogP contribution in [0.5, 0.6) is 0 Å². The summed E-state index contributed by atoms with van der Waals surface area (Å²) in [4.78, 5) is 2.01. The van der Waals surface area contributed by atoms with Gasteiger partial charge in [0.05, 0.1) is 0 Å². The zero-order valence-corrected chi connectivity index (χ0v) is 5.60. The summed E-state index contributed by atoms with van der Waals surface area (Å²) in [6.07, 6.45) is 0. The summed E-state index contributed by atoms with van der Waals surface area (Å²) in [5.41, 5.74) is 0. The Labute approximate surface area is 57.4 Å². The fourth-order valence-electron chi connectivity index (χ4n) is 0.283. The molecule has 0 aromatic heterocycles. The fraction of sp³-hybridized carbons (Fsp3) is 1.00. The molecule has 0 N–H and O–H groups in total. The first-order valence-electron chi connectivity index (χ1n) is 1.97. The first kappa shape index (κ1) is 10.5. The molecule has 0 aliphatic carbocycles. The van der Waals surface area contributed by atoms with E-state index in [2.05, 4.69) is 5.32 Å². The molecule has 0 aliphatic heterocycles. The normalized spacial score (nSPS) is 8.57. The molecule has 0 heterocycles. The summed E-state index contributed by atoms with van der Waals surface area (Å²) >= 11 is 0. The van der Waals surface area contributed by atoms with Crippen LogP contribution in [0.4, 0.5) is 0 Å². The van der Waals surface area contributed by atoms with Crippen molar-refractivity contribution < 1.29 is 18.9 Å². The van der Waals surface area contributed by atoms with Crippen LogP contribution < -0.4 is 18.9 Å². The average Bonchev–Trinajstić information content (AvgIpc) is 1.35. The zero-order chi connectivity index (χ0) is 4.99. The van der Waals surface area contributed by atoms with Gasteiger partial charge in [0.15, 0.2) is 0 Å². The Hall–Kier alpha value is 0.517. The van der Waals surface area contributed by atoms with Crippen molar-refractivity contribution in [2.75, 3.05) is 27.8 Å². The van der Waals surface area contributed by atoms with Crippen LogP contribution in [0.3, 0.4) is 0 Å². The Kier molecular flexibility index (Phi) is 9.77. The van der Waals surface area contributed by atoms with Crippen molar-refractivity contribution in [3.05, 3.63) is 5.32 Å². The molecule has 0 radical (unpaired) electrons. The van der Waals surface area contributed by atoms with Gasteiger partial charge in [-0.25, -0.2) is 0 Å². The number of hydrogen-bond donors (Lipinski definition) is 0. The van der Waals surface area contributed by atoms with Gasteiger partial charge in [0.1, 0.15) is 0 Å². The van der Waals surface area contributed by atoms with Crippen LogP contribution in [0.1, 0.15) is 0 Å². The van der Waals surface area contributed by atoms with Crippen LogP contribution in [0.25, 0.3) is 5.32 Å². The maximum atomic E-state index is 3.86. The fourth-order valence-corrected chi connectivity index (χ4v) is 0.283. The van der Waals surface area contributed by atoms with Crippen molar-refractivity contribution in [2.45, 2.75) is 0 Å². The molecule has 3 heteroatoms. The summed E-state index contributed by atoms with van der Waals surface area (Å²) < 4.78 is 0. The van der Waals surface area contributed by atoms with Crippen molar-refractivity contribution in [2.24, 2.45) is 0 Å². The summed E-state index contributed by atoms with van der Waals surface area (Å²) in [5.74, 6) is 0. The van der Waals surface area contributed by atoms with Gasteiger partial charge in [0.25, 0.3) is 0 Å². The van der Waals surface area contributed by atoms with Gasteiger partial charge in [0.2, 0.25) is 0 Å². The largest absolute Gasteiger partial charge is 1.00 e. The number of hydrogen-bond acceptors (Lipinski definition) is 1. The van der Waals surface area contributed by atoms with Gasteiger partial charge in [-0.3, -0.25) is 0 Å². The minimum Gasteiger partial charge on any atom is -0.653 e. The van der Waals surface area contributed by atoms with Crippen LogP contribution in [0.15, 0.2) is 0 Å². The Morgan fingerprint density at radius 1 is 1.43 bits per heavy atom. The van der Waals surface area contributed by atoms with Gasteiger partial charge in [-0.1, -0.05) is 6.67 Å². The Morgan fingerprint density at radius 3 is 1.86 bits per heavy atom. The first-order chi connectivity index (χ1) is 2.77. The third-order valence-corrected chi connectivity index (χ3v) is 0.424. The Morgan fingerprint density at radius 2 is 1.86 bits per heavy atom. The van der Waals surface area contributed by atoms with E-state index in [0.29, 0.717) is 0 Å². The molecule has 0 bridgehead atoms. The van der Waals surface area contributed by atoms with E-state index in [0.717, 1.165) is 6.67 Å². The van der Waals surface area contributed by atoms with Crippen LogP contribution >= 0.6 is 0 Å². The summed E-state index contributed by atoms with van der Waals surface area (Å²) in [6.45, 7) is 0.833. The molecule has 0 aromatic carbocycles. The summed E-state index contributed by atoms with van der Waals surface area (Å²) in [5, 5.41) is 3.86. The maximum Gasteiger partial charge on any atom is 1.00 e. The van der Waals surface area contributed by atoms with E-state index >= 15 is 0 Å². The number of nitrogens with zero attached hydrogens (tertiary/aromatic N) is 2. The molecule has 0 fully saturated rings. The summed E-state index contributed by atoms with van der Waals surface area (Å²) in [6, 6.07) is 0. The van der Waals surface area contributed by atoms with Gasteiger partial charge in [-0.15, -0.1) is 0 Å². The van der Waals surface area contributed by atoms with E-state index in [1.807, 2.05) is 19.0 Å². The van der Waals surface area contributed by atoms with Crippen LogP contribution in [-0.2, 0) is 0 Å². The van der Waals surface area contributed by atoms with E-state index in [-0.39, 0.29) is 18.9 Å². The Bertz CT molecular complexity index is 30.9. The van der Waals surface area contributed by atoms with E-state index in [9.17, 15) is 0 Å². The monoisotopic (exact) mass is 94.1 g/mol. The molecule has 7 heavy (non-hydrogen) atoms. The minimum absolute atomic E-state index is 0. The average molecular weight is 94.1 g/mol. The molecule has 38 valence electrons. The standard InChI is InChI=1S/C4H11N2.Li/c1-5-4-6(2)3;/h4H2,1-3H3;/q-1;+1. The van der Waals surface area contributed by atoms with Crippen LogP contribution in [-0.4, -0.2) is 32.7 Å². The van der Waals surface area contributed by atoms with Crippen molar-refractivity contribution >= 4 is 0 Å². The molecule has 0 atom stereocenters. The van der Waals surface area contributed by atoms with E-state index in [4.69, 9.17) is 0 Å². The SMILES string of the molecule is C[N-]CN(C)C.[Li+]. The van der Waals surface area contributed by atoms with E-state index in [1.165, 1.54) is 0 Å². The Balaban J connectivity index is 0. The van der Waals surface area contributed by atoms with E-state index in [1.54, 1.807) is 7.05 Å². The van der Waals surface area contributed by atoms with Gasteiger partial charge in [-0.05, 0) is 14.1 Å². The smallest absolute Gasteiger partial charge is 0.653 e. The quantitative estimate of drug-likeness (QED) is 0.346. The van der Waals surface area contributed by atoms with Crippen molar-refractivity contribution in [1.29, 1.82) is 0 Å². The van der Waals surface area contributed by atoms with Crippen molar-refractivity contribution in [1.82, 2.24) is 4.90 Å². The topological polar surface area (TPSA) is 17.3 Å². The second kappa shape index (κ2) is 6.52. The molecule has 0 aliphatic rings. The molecule has 0 saturated heterocycles. The third kappa shape index (κ3) is 10.7. The predicted octanol–water partition coefficient (Wildman–Crippen LogP) is -2.49. The van der Waals surface area contributed by atoms with Crippen molar-refractivity contribution in [3.8, 4) is 0 Å². The maximum absolute atomic E-state index is 3.86. The van der Waals surface area contributed by atoms with Gasteiger partial charge in [0, 0.05) is 0 Å². The molecular formula is C4H11LiN2. The molecule has 0 saturated carbocycles. The molecule has 0 amide bonds. The number of rotatable bonds is 2. The van der Waals surface area contributed by atoms with Crippen LogP contribution in [0.2, 0.25) is 0 Å². The molecular weight excluding hydrogens is 83.0 g/mol. The van der Waals surface area contributed by atoms with Crippen LogP contribution in [0, 0.1) is 0 Å². The molecule has 0 spiro atoms. The van der Waals surface area contributed by atoms with E-state index < -0.39 is 0 Å². The first-order valence-corrected chi connectivity index (χ1v) is 1.97. The summed E-state index contributed by atoms with van der Waals surface area (Å²) in [7, 11) is 5.79.